The Bertz CT molecular complexity index is 873. The Kier molecular flexibility index (Phi) is 5.91. The minimum absolute atomic E-state index is 0.470. The largest absolute Gasteiger partial charge is 0.385 e. The van der Waals surface area contributed by atoms with Crippen LogP contribution in [0.3, 0.4) is 0 Å². The van der Waals surface area contributed by atoms with Crippen LogP contribution in [0, 0.1) is 0 Å². The fourth-order valence-corrected chi connectivity index (χ4v) is 2.86. The lowest BCUT2D eigenvalue weighted by atomic mass is 10.2. The van der Waals surface area contributed by atoms with Crippen molar-refractivity contribution in [3.8, 4) is 0 Å². The number of aromatic nitrogens is 2. The number of fused-ring (bicyclic) bond motifs is 1. The van der Waals surface area contributed by atoms with E-state index in [1.807, 2.05) is 24.3 Å². The number of hydrogen-bond donors (Lipinski definition) is 2. The molecule has 0 bridgehead atoms. The first-order valence-electron chi connectivity index (χ1n) is 7.89. The summed E-state index contributed by atoms with van der Waals surface area (Å²) in [7, 11) is 1.69. The third-order valence-corrected chi connectivity index (χ3v) is 4.15. The molecule has 3 rings (SSSR count). The Balaban J connectivity index is 1.89. The average molecular weight is 377 g/mol. The van der Waals surface area contributed by atoms with Crippen molar-refractivity contribution >= 4 is 51.6 Å². The van der Waals surface area contributed by atoms with E-state index < -0.39 is 0 Å². The normalized spacial score (nSPS) is 10.8. The van der Waals surface area contributed by atoms with Gasteiger partial charge in [0, 0.05) is 30.7 Å². The molecule has 2 N–H and O–H groups in total. The number of para-hydroxylation sites is 1. The number of anilines is 3. The third-order valence-electron chi connectivity index (χ3n) is 3.60. The van der Waals surface area contributed by atoms with Crippen molar-refractivity contribution in [1.82, 2.24) is 9.97 Å². The van der Waals surface area contributed by atoms with Gasteiger partial charge in [0.2, 0.25) is 5.95 Å². The second-order valence-corrected chi connectivity index (χ2v) is 6.28. The lowest BCUT2D eigenvalue weighted by Crippen LogP contribution is -2.08. The summed E-state index contributed by atoms with van der Waals surface area (Å²) in [5.74, 6) is 1.24. The highest BCUT2D eigenvalue weighted by atomic mass is 35.5. The molecule has 0 aliphatic rings. The van der Waals surface area contributed by atoms with Gasteiger partial charge in [-0.2, -0.15) is 4.98 Å². The van der Waals surface area contributed by atoms with E-state index >= 15 is 0 Å². The summed E-state index contributed by atoms with van der Waals surface area (Å²) in [4.78, 5) is 9.15. The molecule has 130 valence electrons. The van der Waals surface area contributed by atoms with Gasteiger partial charge in [0.25, 0.3) is 0 Å². The predicted octanol–water partition coefficient (Wildman–Crippen LogP) is 5.13. The molecular formula is C18H18Cl2N4O. The number of nitrogens with zero attached hydrogens (tertiary/aromatic N) is 2. The van der Waals surface area contributed by atoms with E-state index in [1.165, 1.54) is 0 Å². The zero-order valence-electron chi connectivity index (χ0n) is 13.7. The van der Waals surface area contributed by atoms with Gasteiger partial charge in [0.05, 0.1) is 16.2 Å². The van der Waals surface area contributed by atoms with Crippen molar-refractivity contribution < 1.29 is 4.74 Å². The fraction of sp³-hybridized carbons (Fsp3) is 0.222. The maximum Gasteiger partial charge on any atom is 0.229 e. The fourth-order valence-electron chi connectivity index (χ4n) is 2.40. The van der Waals surface area contributed by atoms with Gasteiger partial charge >= 0.3 is 0 Å². The summed E-state index contributed by atoms with van der Waals surface area (Å²) in [5, 5.41) is 8.56. The molecule has 1 aromatic heterocycles. The van der Waals surface area contributed by atoms with Gasteiger partial charge in [-0.25, -0.2) is 4.98 Å². The van der Waals surface area contributed by atoms with Crippen LogP contribution in [0.1, 0.15) is 6.42 Å². The minimum atomic E-state index is 0.470. The molecule has 0 aliphatic carbocycles. The summed E-state index contributed by atoms with van der Waals surface area (Å²) in [5.41, 5.74) is 1.55. The molecule has 0 spiro atoms. The molecule has 0 fully saturated rings. The van der Waals surface area contributed by atoms with Crippen LogP contribution in [0.15, 0.2) is 42.5 Å². The second kappa shape index (κ2) is 8.34. The molecule has 0 amide bonds. The quantitative estimate of drug-likeness (QED) is 0.559. The van der Waals surface area contributed by atoms with Gasteiger partial charge < -0.3 is 15.4 Å². The number of ether oxygens (including phenoxy) is 1. The van der Waals surface area contributed by atoms with Gasteiger partial charge in [-0.05, 0) is 36.8 Å². The molecule has 0 aliphatic heterocycles. The summed E-state index contributed by atoms with van der Waals surface area (Å²) >= 11 is 12.2. The first-order chi connectivity index (χ1) is 12.2. The third kappa shape index (κ3) is 4.51. The standard InChI is InChI=1S/C18H18Cl2N4O/c1-25-10-4-9-21-17-13-5-2-3-6-15(13)22-18(24-17)23-16-8-7-12(19)11-14(16)20/h2-3,5-8,11H,4,9-10H2,1H3,(H2,21,22,23,24). The first kappa shape index (κ1) is 17.7. The second-order valence-electron chi connectivity index (χ2n) is 5.44. The molecular weight excluding hydrogens is 359 g/mol. The summed E-state index contributed by atoms with van der Waals surface area (Å²) in [6, 6.07) is 13.1. The van der Waals surface area contributed by atoms with Gasteiger partial charge in [-0.15, -0.1) is 0 Å². The van der Waals surface area contributed by atoms with E-state index in [0.29, 0.717) is 28.3 Å². The number of methoxy groups -OCH3 is 1. The highest BCUT2D eigenvalue weighted by molar-refractivity contribution is 6.36. The first-order valence-corrected chi connectivity index (χ1v) is 8.64. The van der Waals surface area contributed by atoms with Gasteiger partial charge in [0.1, 0.15) is 5.82 Å². The highest BCUT2D eigenvalue weighted by Gasteiger charge is 2.09. The van der Waals surface area contributed by atoms with E-state index in [0.717, 1.165) is 29.7 Å². The number of rotatable bonds is 7. The lowest BCUT2D eigenvalue weighted by molar-refractivity contribution is 0.198. The van der Waals surface area contributed by atoms with Crippen LogP contribution in [0.5, 0.6) is 0 Å². The molecule has 1 heterocycles. The van der Waals surface area contributed by atoms with E-state index in [4.69, 9.17) is 27.9 Å². The van der Waals surface area contributed by atoms with Crippen LogP contribution in [-0.4, -0.2) is 30.2 Å². The Morgan fingerprint density at radius 2 is 1.92 bits per heavy atom. The van der Waals surface area contributed by atoms with Crippen LogP contribution in [0.2, 0.25) is 10.0 Å². The van der Waals surface area contributed by atoms with Crippen LogP contribution < -0.4 is 10.6 Å². The van der Waals surface area contributed by atoms with Crippen molar-refractivity contribution in [1.29, 1.82) is 0 Å². The molecule has 0 radical (unpaired) electrons. The summed E-state index contributed by atoms with van der Waals surface area (Å²) in [6.45, 7) is 1.46. The van der Waals surface area contributed by atoms with E-state index in [-0.39, 0.29) is 0 Å². The van der Waals surface area contributed by atoms with Gasteiger partial charge in [-0.1, -0.05) is 35.3 Å². The maximum atomic E-state index is 6.22. The van der Waals surface area contributed by atoms with Crippen molar-refractivity contribution in [3.63, 3.8) is 0 Å². The number of hydrogen-bond acceptors (Lipinski definition) is 5. The molecule has 2 aromatic carbocycles. The molecule has 0 atom stereocenters. The predicted molar refractivity (Wildman–Crippen MR) is 104 cm³/mol. The zero-order chi connectivity index (χ0) is 17.6. The monoisotopic (exact) mass is 376 g/mol. The van der Waals surface area contributed by atoms with Crippen molar-refractivity contribution in [2.24, 2.45) is 0 Å². The average Bonchev–Trinajstić information content (AvgIpc) is 2.61. The zero-order valence-corrected chi connectivity index (χ0v) is 15.2. The number of halogens is 2. The topological polar surface area (TPSA) is 59.1 Å². The lowest BCUT2D eigenvalue weighted by Gasteiger charge is -2.12. The molecule has 0 saturated heterocycles. The van der Waals surface area contributed by atoms with Crippen LogP contribution in [0.25, 0.3) is 10.9 Å². The van der Waals surface area contributed by atoms with E-state index in [2.05, 4.69) is 20.6 Å². The SMILES string of the molecule is COCCCNc1nc(Nc2ccc(Cl)cc2Cl)nc2ccccc12. The Morgan fingerprint density at radius 1 is 1.08 bits per heavy atom. The summed E-state index contributed by atoms with van der Waals surface area (Å²) < 4.78 is 5.08. The molecule has 0 saturated carbocycles. The molecule has 25 heavy (non-hydrogen) atoms. The van der Waals surface area contributed by atoms with Crippen LogP contribution in [0.4, 0.5) is 17.5 Å². The molecule has 0 unspecified atom stereocenters. The number of benzene rings is 2. The van der Waals surface area contributed by atoms with Gasteiger partial charge in [-0.3, -0.25) is 0 Å². The summed E-state index contributed by atoms with van der Waals surface area (Å²) in [6.07, 6.45) is 0.889. The van der Waals surface area contributed by atoms with E-state index in [1.54, 1.807) is 25.3 Å². The number of nitrogens with one attached hydrogen (secondary N) is 2. The molecule has 7 heteroatoms. The van der Waals surface area contributed by atoms with Gasteiger partial charge in [0.15, 0.2) is 0 Å². The van der Waals surface area contributed by atoms with Crippen molar-refractivity contribution in [3.05, 3.63) is 52.5 Å². The molecule has 3 aromatic rings. The van der Waals surface area contributed by atoms with Crippen LogP contribution in [-0.2, 0) is 4.74 Å². The Hall–Kier alpha value is -2.08. The minimum Gasteiger partial charge on any atom is -0.385 e. The Labute approximate surface area is 156 Å². The van der Waals surface area contributed by atoms with E-state index in [9.17, 15) is 0 Å². The van der Waals surface area contributed by atoms with Crippen LogP contribution >= 0.6 is 23.2 Å². The Morgan fingerprint density at radius 3 is 2.72 bits per heavy atom. The van der Waals surface area contributed by atoms with Crippen molar-refractivity contribution in [2.45, 2.75) is 6.42 Å². The van der Waals surface area contributed by atoms with Crippen molar-refractivity contribution in [2.75, 3.05) is 30.9 Å². The molecule has 5 nitrogen and oxygen atoms in total. The maximum absolute atomic E-state index is 6.22. The highest BCUT2D eigenvalue weighted by Crippen LogP contribution is 2.29. The smallest absolute Gasteiger partial charge is 0.229 e.